The Kier molecular flexibility index (Phi) is 5.77. The summed E-state index contributed by atoms with van der Waals surface area (Å²) in [6.45, 7) is 9.50. The quantitative estimate of drug-likeness (QED) is 0.168. The van der Waals surface area contributed by atoms with Gasteiger partial charge in [0.15, 0.2) is 0 Å². The van der Waals surface area contributed by atoms with Gasteiger partial charge >= 0.3 is 289 Å². The van der Waals surface area contributed by atoms with Gasteiger partial charge in [0.25, 0.3) is 0 Å². The number of fused-ring (bicyclic) bond motifs is 11. The van der Waals surface area contributed by atoms with Gasteiger partial charge in [-0.05, 0) is 0 Å². The molecule has 1 heterocycles. The minimum absolute atomic E-state index is 0.0738. The first-order chi connectivity index (χ1) is 23.3. The Hall–Kier alpha value is -4.88. The van der Waals surface area contributed by atoms with Crippen LogP contribution in [0.2, 0.25) is 0 Å². The van der Waals surface area contributed by atoms with Crippen LogP contribution < -0.4 is 4.90 Å². The Morgan fingerprint density at radius 3 is 1.58 bits per heavy atom. The van der Waals surface area contributed by atoms with E-state index in [1.807, 2.05) is 0 Å². The van der Waals surface area contributed by atoms with Crippen LogP contribution in [0, 0.1) is 0 Å². The molecule has 1 aromatic heterocycles. The first kappa shape index (κ1) is 28.2. The first-order valence-electron chi connectivity index (χ1n) is 16.9. The van der Waals surface area contributed by atoms with Gasteiger partial charge in [-0.25, -0.2) is 0 Å². The molecule has 0 radical (unpaired) electrons. The van der Waals surface area contributed by atoms with Crippen LogP contribution in [0.4, 0.5) is 17.1 Å². The Balaban J connectivity index is 1.21. The van der Waals surface area contributed by atoms with Crippen molar-refractivity contribution in [2.24, 2.45) is 0 Å². The van der Waals surface area contributed by atoms with Crippen molar-refractivity contribution in [3.05, 3.63) is 162 Å². The van der Waals surface area contributed by atoms with Gasteiger partial charge in [0.05, 0.1) is 0 Å². The summed E-state index contributed by atoms with van der Waals surface area (Å²) in [5.41, 5.74) is 14.5. The molecule has 10 rings (SSSR count). The van der Waals surface area contributed by atoms with E-state index in [2.05, 4.69) is 172 Å². The van der Waals surface area contributed by atoms with Crippen LogP contribution in [-0.2, 0) is 10.8 Å². The minimum atomic E-state index is -0.0738. The molecule has 0 spiro atoms. The molecule has 0 aliphatic heterocycles. The van der Waals surface area contributed by atoms with Crippen molar-refractivity contribution in [2.75, 3.05) is 4.90 Å². The van der Waals surface area contributed by atoms with Crippen molar-refractivity contribution in [3.8, 4) is 22.3 Å². The summed E-state index contributed by atoms with van der Waals surface area (Å²) < 4.78 is 2.97. The third-order valence-electron chi connectivity index (χ3n) is 11.3. The summed E-state index contributed by atoms with van der Waals surface area (Å²) in [7, 11) is 0. The molecule has 0 unspecified atom stereocenters. The molecular formula is C46H35NSe. The van der Waals surface area contributed by atoms with Crippen LogP contribution in [0.1, 0.15) is 49.9 Å². The van der Waals surface area contributed by atoms with Crippen LogP contribution in [0.3, 0.4) is 0 Å². The Morgan fingerprint density at radius 2 is 0.938 bits per heavy atom. The number of anilines is 3. The van der Waals surface area contributed by atoms with Crippen LogP contribution in [0.5, 0.6) is 0 Å². The van der Waals surface area contributed by atoms with Crippen molar-refractivity contribution >= 4 is 61.6 Å². The maximum absolute atomic E-state index is 2.50. The second-order valence-electron chi connectivity index (χ2n) is 14.6. The Labute approximate surface area is 287 Å². The average molecular weight is 681 g/mol. The van der Waals surface area contributed by atoms with E-state index in [1.54, 1.807) is 0 Å². The van der Waals surface area contributed by atoms with Gasteiger partial charge in [-0.15, -0.1) is 0 Å². The molecule has 0 saturated carbocycles. The molecule has 0 amide bonds. The summed E-state index contributed by atoms with van der Waals surface area (Å²) >= 11 is 0.279. The second-order valence-corrected chi connectivity index (χ2v) is 16.8. The molecule has 48 heavy (non-hydrogen) atoms. The molecule has 0 bridgehead atoms. The Morgan fingerprint density at radius 1 is 0.417 bits per heavy atom. The molecule has 2 heteroatoms. The number of benzene rings is 7. The summed E-state index contributed by atoms with van der Waals surface area (Å²) in [4.78, 5) is 2.50. The zero-order chi connectivity index (χ0) is 32.4. The van der Waals surface area contributed by atoms with Crippen molar-refractivity contribution < 1.29 is 0 Å². The van der Waals surface area contributed by atoms with E-state index in [0.717, 1.165) is 0 Å². The maximum atomic E-state index is 2.50. The second kappa shape index (κ2) is 9.83. The van der Waals surface area contributed by atoms with Crippen molar-refractivity contribution in [1.29, 1.82) is 0 Å². The van der Waals surface area contributed by atoms with E-state index in [0.29, 0.717) is 0 Å². The fourth-order valence-corrected chi connectivity index (χ4v) is 11.3. The number of hydrogen-bond donors (Lipinski definition) is 0. The van der Waals surface area contributed by atoms with Crippen LogP contribution >= 0.6 is 0 Å². The molecular weight excluding hydrogens is 645 g/mol. The molecule has 7 aromatic carbocycles. The average Bonchev–Trinajstić information content (AvgIpc) is 3.68. The SMILES string of the molecule is CC1(C)c2ccccc2-c2ccc(N(c3ccc4c(c3)C(C)(C)c3ccccc3-4)c3ccc4[se]c5c6ccccc6ccc5c4c3)cc21. The molecule has 0 atom stereocenters. The van der Waals surface area contributed by atoms with Crippen LogP contribution in [-0.4, -0.2) is 14.5 Å². The van der Waals surface area contributed by atoms with Crippen LogP contribution in [0.25, 0.3) is 52.3 Å². The van der Waals surface area contributed by atoms with Crippen molar-refractivity contribution in [1.82, 2.24) is 0 Å². The Bertz CT molecular complexity index is 2530. The standard InChI is InChI=1S/C46H35NSe/c1-45(2)39-15-9-7-13-33(39)35-22-18-30(26-41(35)45)47(31-19-23-36-34-14-8-10-16-40(34)46(3,4)42(36)27-31)29-20-24-43-38(25-29)37-21-17-28-11-5-6-12-32(28)44(37)48-43/h5-27H,1-4H3. The summed E-state index contributed by atoms with van der Waals surface area (Å²) in [5, 5.41) is 5.49. The van der Waals surface area contributed by atoms with E-state index in [-0.39, 0.29) is 25.3 Å². The zero-order valence-electron chi connectivity index (χ0n) is 27.6. The number of hydrogen-bond acceptors (Lipinski definition) is 1. The fraction of sp³-hybridized carbons (Fsp3) is 0.130. The van der Waals surface area contributed by atoms with Crippen LogP contribution in [0.15, 0.2) is 140 Å². The molecule has 0 saturated heterocycles. The van der Waals surface area contributed by atoms with E-state index < -0.39 is 0 Å². The van der Waals surface area contributed by atoms with E-state index >= 15 is 0 Å². The fourth-order valence-electron chi connectivity index (χ4n) is 8.74. The van der Waals surface area contributed by atoms with Crippen molar-refractivity contribution in [3.63, 3.8) is 0 Å². The molecule has 2 aliphatic carbocycles. The summed E-state index contributed by atoms with van der Waals surface area (Å²) in [5.74, 6) is 0. The molecule has 8 aromatic rings. The monoisotopic (exact) mass is 681 g/mol. The van der Waals surface area contributed by atoms with Gasteiger partial charge in [0.2, 0.25) is 0 Å². The summed E-state index contributed by atoms with van der Waals surface area (Å²) in [6.07, 6.45) is 0. The van der Waals surface area contributed by atoms with Gasteiger partial charge in [0, 0.05) is 0 Å². The van der Waals surface area contributed by atoms with Crippen molar-refractivity contribution in [2.45, 2.75) is 38.5 Å². The third-order valence-corrected chi connectivity index (χ3v) is 13.8. The van der Waals surface area contributed by atoms with Gasteiger partial charge in [-0.2, -0.15) is 0 Å². The van der Waals surface area contributed by atoms with E-state index in [1.165, 1.54) is 91.6 Å². The summed E-state index contributed by atoms with van der Waals surface area (Å²) in [6, 6.07) is 52.9. The number of rotatable bonds is 3. The van der Waals surface area contributed by atoms with Gasteiger partial charge in [0.1, 0.15) is 0 Å². The molecule has 1 nitrogen and oxygen atoms in total. The van der Waals surface area contributed by atoms with Gasteiger partial charge < -0.3 is 0 Å². The molecule has 0 N–H and O–H groups in total. The van der Waals surface area contributed by atoms with Gasteiger partial charge in [-0.1, -0.05) is 0 Å². The van der Waals surface area contributed by atoms with Gasteiger partial charge in [-0.3, -0.25) is 0 Å². The normalized spacial score (nSPS) is 15.0. The molecule has 230 valence electrons. The first-order valence-corrected chi connectivity index (χ1v) is 18.6. The predicted molar refractivity (Wildman–Crippen MR) is 206 cm³/mol. The van der Waals surface area contributed by atoms with E-state index in [4.69, 9.17) is 0 Å². The number of nitrogens with zero attached hydrogens (tertiary/aromatic N) is 1. The predicted octanol–water partition coefficient (Wildman–Crippen LogP) is 12.3. The molecule has 2 aliphatic rings. The third kappa shape index (κ3) is 3.79. The molecule has 0 fully saturated rings. The topological polar surface area (TPSA) is 3.24 Å². The van der Waals surface area contributed by atoms with E-state index in [9.17, 15) is 0 Å². The zero-order valence-corrected chi connectivity index (χ0v) is 29.3.